The van der Waals surface area contributed by atoms with Crippen molar-refractivity contribution in [3.05, 3.63) is 83.2 Å². The molecule has 434 valence electrons. The van der Waals surface area contributed by atoms with E-state index >= 15 is 0 Å². The maximum atomic E-state index is 14.4. The van der Waals surface area contributed by atoms with Gasteiger partial charge in [0.1, 0.15) is 17.7 Å². The summed E-state index contributed by atoms with van der Waals surface area (Å²) in [6.07, 6.45) is 9.36. The van der Waals surface area contributed by atoms with Crippen molar-refractivity contribution in [3.8, 4) is 27.4 Å². The number of phenolic OH excluding ortho intramolecular Hbond substituents is 1. The van der Waals surface area contributed by atoms with Crippen molar-refractivity contribution in [1.29, 1.82) is 0 Å². The van der Waals surface area contributed by atoms with Crippen LogP contribution in [0.15, 0.2) is 70.7 Å². The second kappa shape index (κ2) is 24.3. The number of nitrogen functional groups attached to an aromatic ring is 1. The number of β-amino-alcohol motifs (C(OH)–C–C–N with tert-alkyl or cyclic N) is 1. The van der Waals surface area contributed by atoms with Crippen LogP contribution in [-0.2, 0) is 14.3 Å². The number of hydrogen-bond acceptors (Lipinski definition) is 17. The van der Waals surface area contributed by atoms with Crippen molar-refractivity contribution in [2.75, 3.05) is 101 Å². The molecule has 3 aromatic heterocycles. The zero-order valence-electron chi connectivity index (χ0n) is 47.8. The average molecular weight is 1130 g/mol. The highest BCUT2D eigenvalue weighted by Gasteiger charge is 2.46. The molecule has 81 heavy (non-hydrogen) atoms. The molecular formula is C62H84N12O6S. The van der Waals surface area contributed by atoms with Crippen molar-refractivity contribution in [1.82, 2.24) is 45.3 Å². The lowest BCUT2D eigenvalue weighted by molar-refractivity contribution is -0.141. The number of fused-ring (bicyclic) bond motifs is 2. The van der Waals surface area contributed by atoms with E-state index in [1.54, 1.807) is 22.3 Å². The van der Waals surface area contributed by atoms with E-state index in [0.29, 0.717) is 58.8 Å². The zero-order chi connectivity index (χ0) is 55.9. The molecule has 2 aromatic carbocycles. The number of benzene rings is 2. The van der Waals surface area contributed by atoms with Gasteiger partial charge in [0.25, 0.3) is 0 Å². The maximum Gasteiger partial charge on any atom is 0.243 e. The number of nitrogens with two attached hydrogens (primary N) is 1. The number of carbonyl (C=O) groups is 2. The predicted molar refractivity (Wildman–Crippen MR) is 315 cm³/mol. The highest BCUT2D eigenvalue weighted by atomic mass is 32.1. The Hall–Kier alpha value is -5.70. The molecule has 18 nitrogen and oxygen atoms in total. The molecule has 5 saturated heterocycles. The van der Waals surface area contributed by atoms with Crippen LogP contribution in [0, 0.1) is 36.5 Å². The van der Waals surface area contributed by atoms with Gasteiger partial charge in [0, 0.05) is 109 Å². The minimum atomic E-state index is -0.793. The maximum absolute atomic E-state index is 14.4. The number of likely N-dealkylation sites (tertiary alicyclic amines) is 2. The molecule has 5 N–H and O–H groups in total. The van der Waals surface area contributed by atoms with Gasteiger partial charge < -0.3 is 55.0 Å². The molecule has 12 rings (SSSR count). The third-order valence-electron chi connectivity index (χ3n) is 19.6. The van der Waals surface area contributed by atoms with Gasteiger partial charge in [0.2, 0.25) is 11.8 Å². The number of aliphatic hydroxyl groups excluding tert-OH is 1. The number of nitrogens with zero attached hydrogens (tertiary/aromatic N) is 10. The van der Waals surface area contributed by atoms with E-state index < -0.39 is 18.1 Å². The quantitative estimate of drug-likeness (QED) is 0.0714. The molecule has 7 fully saturated rings. The molecule has 19 heteroatoms. The Kier molecular flexibility index (Phi) is 16.7. The highest BCUT2D eigenvalue weighted by molar-refractivity contribution is 7.13. The third-order valence-corrected chi connectivity index (χ3v) is 20.6. The van der Waals surface area contributed by atoms with Gasteiger partial charge in [0.05, 0.1) is 51.8 Å². The summed E-state index contributed by atoms with van der Waals surface area (Å²) in [7, 11) is 0. The van der Waals surface area contributed by atoms with Gasteiger partial charge in [-0.3, -0.25) is 14.5 Å². The first-order chi connectivity index (χ1) is 39.3. The number of piperidine rings is 3. The molecule has 6 atom stereocenters. The van der Waals surface area contributed by atoms with E-state index in [-0.39, 0.29) is 42.5 Å². The Morgan fingerprint density at radius 2 is 1.53 bits per heavy atom. The van der Waals surface area contributed by atoms with Gasteiger partial charge in [-0.2, -0.15) is 0 Å². The molecule has 2 saturated carbocycles. The van der Waals surface area contributed by atoms with Crippen LogP contribution in [0.4, 0.5) is 17.3 Å². The Bertz CT molecular complexity index is 2930. The van der Waals surface area contributed by atoms with Crippen molar-refractivity contribution in [2.45, 2.75) is 128 Å². The number of amides is 2. The number of anilines is 3. The molecule has 8 heterocycles. The fraction of sp³-hybridized carbons (Fsp3) is 0.613. The number of nitrogens with one attached hydrogen (secondary N) is 1. The van der Waals surface area contributed by atoms with E-state index in [4.69, 9.17) is 15.0 Å². The molecule has 7 aliphatic rings. The standard InChI is InChI=1S/C62H84N12O6S/c1-38(2)58(62(78)74-35-47(75)29-54(74)61(77)65-39(3)42-9-11-43(12-10-42)59-40(4)64-37-81-59)56-31-57(68-80-56)72-21-15-41(16-22-72)32-69-19-17-48(18-20-69)79-49-27-46(28-49)71-25-23-70(24-26-71)36-51-44-13-14-45(51)34-73(33-44)53-30-52(66-67-60(53)63)50-7-5-6-8-55(50)76/h5-12,30-31,37-39,41,44-49,51,54,58,75-76H,13-29,32-36H2,1-4H3,(H2,63,67)(H,65,77)/t39-,44?,45?,46-,47+,49-,51?,54-,58+/m0/s1. The summed E-state index contributed by atoms with van der Waals surface area (Å²) in [6.45, 7) is 20.9. The van der Waals surface area contributed by atoms with Crippen LogP contribution in [0.5, 0.6) is 5.75 Å². The lowest BCUT2D eigenvalue weighted by Gasteiger charge is -2.48. The number of aromatic hydroxyl groups is 1. The number of ether oxygens (including phenoxy) is 1. The molecule has 0 radical (unpaired) electrons. The molecule has 2 amide bonds. The lowest BCUT2D eigenvalue weighted by Crippen LogP contribution is -2.57. The molecule has 0 spiro atoms. The van der Waals surface area contributed by atoms with Crippen LogP contribution >= 0.6 is 11.3 Å². The molecule has 2 unspecified atom stereocenters. The van der Waals surface area contributed by atoms with E-state index in [2.05, 4.69) is 50.2 Å². The zero-order valence-corrected chi connectivity index (χ0v) is 48.6. The Balaban J connectivity index is 0.541. The van der Waals surface area contributed by atoms with Crippen LogP contribution in [0.1, 0.15) is 108 Å². The topological polar surface area (TPSA) is 206 Å². The summed E-state index contributed by atoms with van der Waals surface area (Å²) in [5.74, 6) is 3.29. The second-order valence-electron chi connectivity index (χ2n) is 25.2. The Morgan fingerprint density at radius 3 is 2.22 bits per heavy atom. The number of hydrogen-bond donors (Lipinski definition) is 4. The smallest absolute Gasteiger partial charge is 0.243 e. The average Bonchev–Trinajstić information content (AvgIpc) is 4.33. The minimum absolute atomic E-state index is 0.0949. The van der Waals surface area contributed by atoms with E-state index in [1.165, 1.54) is 19.4 Å². The summed E-state index contributed by atoms with van der Waals surface area (Å²) in [6, 6.07) is 18.9. The number of para-hydroxylation sites is 1. The van der Waals surface area contributed by atoms with Gasteiger partial charge in [-0.1, -0.05) is 55.4 Å². The molecule has 2 bridgehead atoms. The summed E-state index contributed by atoms with van der Waals surface area (Å²) in [5, 5.41) is 37.5. The van der Waals surface area contributed by atoms with E-state index in [9.17, 15) is 19.8 Å². The number of aliphatic hydroxyl groups is 1. The van der Waals surface area contributed by atoms with Crippen molar-refractivity contribution >= 4 is 40.5 Å². The fourth-order valence-electron chi connectivity index (χ4n) is 14.8. The summed E-state index contributed by atoms with van der Waals surface area (Å²) in [4.78, 5) is 48.1. The highest BCUT2D eigenvalue weighted by Crippen LogP contribution is 2.45. The number of aryl methyl sites for hydroxylation is 1. The van der Waals surface area contributed by atoms with Crippen LogP contribution in [0.25, 0.3) is 21.7 Å². The van der Waals surface area contributed by atoms with Gasteiger partial charge >= 0.3 is 0 Å². The fourth-order valence-corrected chi connectivity index (χ4v) is 15.6. The summed E-state index contributed by atoms with van der Waals surface area (Å²) in [5.41, 5.74) is 13.6. The molecular weight excluding hydrogens is 1040 g/mol. The number of thiazole rings is 1. The normalized spacial score (nSPS) is 27.0. The SMILES string of the molecule is Cc1ncsc1-c1ccc([C@H](C)NC(=O)[C@@H]2C[C@@H](O)CN2C(=O)[C@@H](c2cc(N3CCC(CN4CCC(O[C@H]5C[C@H](N6CCN(CC7C8CCC7CN(c7cc(-c9ccccc9O)nnc7N)C8)CC6)C5)CC4)CC3)no2)C(C)C)cc1. The van der Waals surface area contributed by atoms with Crippen molar-refractivity contribution < 1.29 is 29.1 Å². The molecule has 2 aliphatic carbocycles. The van der Waals surface area contributed by atoms with Gasteiger partial charge in [-0.15, -0.1) is 21.5 Å². The number of piperazine rings is 1. The monoisotopic (exact) mass is 1120 g/mol. The molecule has 5 aliphatic heterocycles. The number of phenols is 1. The van der Waals surface area contributed by atoms with Crippen LogP contribution in [0.2, 0.25) is 0 Å². The summed E-state index contributed by atoms with van der Waals surface area (Å²) >= 11 is 1.61. The summed E-state index contributed by atoms with van der Waals surface area (Å²) < 4.78 is 12.7. The number of rotatable bonds is 17. The van der Waals surface area contributed by atoms with Crippen LogP contribution < -0.4 is 20.9 Å². The third kappa shape index (κ3) is 12.2. The first-order valence-corrected chi connectivity index (χ1v) is 31.2. The van der Waals surface area contributed by atoms with E-state index in [0.717, 1.165) is 150 Å². The first-order valence-electron chi connectivity index (χ1n) is 30.3. The van der Waals surface area contributed by atoms with Crippen LogP contribution in [0.3, 0.4) is 0 Å². The number of aromatic nitrogens is 4. The largest absolute Gasteiger partial charge is 0.507 e. The predicted octanol–water partition coefficient (Wildman–Crippen LogP) is 7.44. The van der Waals surface area contributed by atoms with Crippen molar-refractivity contribution in [3.63, 3.8) is 0 Å². The van der Waals surface area contributed by atoms with E-state index in [1.807, 2.05) is 87.8 Å². The molecule has 5 aromatic rings. The van der Waals surface area contributed by atoms with Gasteiger partial charge in [-0.05, 0) is 124 Å². The first kappa shape index (κ1) is 55.8. The second-order valence-corrected chi connectivity index (χ2v) is 26.0. The lowest BCUT2D eigenvalue weighted by atomic mass is 9.84. The van der Waals surface area contributed by atoms with Gasteiger partial charge in [-0.25, -0.2) is 4.98 Å². The van der Waals surface area contributed by atoms with Gasteiger partial charge in [0.15, 0.2) is 17.4 Å². The Morgan fingerprint density at radius 1 is 0.815 bits per heavy atom. The Labute approximate surface area is 481 Å². The van der Waals surface area contributed by atoms with Crippen molar-refractivity contribution in [2.24, 2.45) is 29.6 Å². The number of carbonyl (C=O) groups excluding carboxylic acids is 2. The minimum Gasteiger partial charge on any atom is -0.507 e. The van der Waals surface area contributed by atoms with Crippen LogP contribution in [-0.4, -0.2) is 177 Å².